The smallest absolute Gasteiger partial charge is 0.192 e. The molecule has 2 aromatic rings. The Balaban J connectivity index is 1.72. The van der Waals surface area contributed by atoms with Crippen molar-refractivity contribution in [3.8, 4) is 0 Å². The van der Waals surface area contributed by atoms with E-state index >= 15 is 0 Å². The number of hydrogen-bond donors (Lipinski definition) is 1. The van der Waals surface area contributed by atoms with Gasteiger partial charge in [-0.15, -0.1) is 0 Å². The first kappa shape index (κ1) is 18.7. The van der Waals surface area contributed by atoms with E-state index in [-0.39, 0.29) is 17.4 Å². The minimum Gasteiger partial charge on any atom is -0.414 e. The molecule has 0 radical (unpaired) electrons. The Kier molecular flexibility index (Phi) is 4.93. The van der Waals surface area contributed by atoms with Gasteiger partial charge in [-0.3, -0.25) is 4.57 Å². The molecule has 2 aromatic heterocycles. The highest BCUT2D eigenvalue weighted by Crippen LogP contribution is 2.38. The SMILES string of the molecule is CC(C)(C)[Si](C)(C)OCC1O[C@@H](n2cnc3c(Cl)ncnc32)CC1O. The first-order valence-corrected chi connectivity index (χ1v) is 11.7. The summed E-state index contributed by atoms with van der Waals surface area (Å²) in [5.74, 6) is 0. The van der Waals surface area contributed by atoms with E-state index in [9.17, 15) is 5.11 Å². The molecule has 1 fully saturated rings. The lowest BCUT2D eigenvalue weighted by Gasteiger charge is -2.37. The predicted octanol–water partition coefficient (Wildman–Crippen LogP) is 3.15. The highest BCUT2D eigenvalue weighted by molar-refractivity contribution is 6.74. The molecule has 25 heavy (non-hydrogen) atoms. The number of aliphatic hydroxyl groups excluding tert-OH is 1. The van der Waals surface area contributed by atoms with Gasteiger partial charge in [0.1, 0.15) is 24.2 Å². The van der Waals surface area contributed by atoms with Crippen LogP contribution in [0.1, 0.15) is 33.4 Å². The number of rotatable bonds is 4. The molecule has 1 aliphatic rings. The van der Waals surface area contributed by atoms with Crippen molar-refractivity contribution in [2.75, 3.05) is 6.61 Å². The van der Waals surface area contributed by atoms with E-state index in [1.54, 1.807) is 10.9 Å². The Hall–Kier alpha value is -1.06. The van der Waals surface area contributed by atoms with Crippen LogP contribution in [0.3, 0.4) is 0 Å². The van der Waals surface area contributed by atoms with Crippen LogP contribution in [0, 0.1) is 0 Å². The fraction of sp³-hybridized carbons (Fsp3) is 0.688. The van der Waals surface area contributed by atoms with Gasteiger partial charge in [-0.05, 0) is 18.1 Å². The first-order valence-electron chi connectivity index (χ1n) is 8.40. The van der Waals surface area contributed by atoms with Crippen LogP contribution in [0.15, 0.2) is 12.7 Å². The third-order valence-corrected chi connectivity index (χ3v) is 10.0. The molecule has 1 N–H and O–H groups in total. The van der Waals surface area contributed by atoms with Crippen molar-refractivity contribution in [1.82, 2.24) is 19.5 Å². The number of nitrogens with zero attached hydrogens (tertiary/aromatic N) is 4. The third kappa shape index (κ3) is 3.59. The van der Waals surface area contributed by atoms with Crippen molar-refractivity contribution in [2.24, 2.45) is 0 Å². The molecule has 138 valence electrons. The monoisotopic (exact) mass is 384 g/mol. The molecule has 9 heteroatoms. The predicted molar refractivity (Wildman–Crippen MR) is 98.0 cm³/mol. The second-order valence-electron chi connectivity index (χ2n) is 7.99. The fourth-order valence-corrected chi connectivity index (χ4v) is 3.77. The van der Waals surface area contributed by atoms with Crippen LogP contribution in [0.4, 0.5) is 0 Å². The van der Waals surface area contributed by atoms with Crippen molar-refractivity contribution in [1.29, 1.82) is 0 Å². The molecular weight excluding hydrogens is 360 g/mol. The van der Waals surface area contributed by atoms with Crippen molar-refractivity contribution in [3.05, 3.63) is 17.8 Å². The van der Waals surface area contributed by atoms with Crippen LogP contribution in [-0.4, -0.2) is 51.8 Å². The second-order valence-corrected chi connectivity index (χ2v) is 13.2. The fourth-order valence-electron chi connectivity index (χ4n) is 2.58. The van der Waals surface area contributed by atoms with Crippen molar-refractivity contribution < 1.29 is 14.3 Å². The zero-order valence-electron chi connectivity index (χ0n) is 15.2. The Labute approximate surface area is 153 Å². The highest BCUT2D eigenvalue weighted by Gasteiger charge is 2.41. The minimum atomic E-state index is -1.89. The number of hydrogen-bond acceptors (Lipinski definition) is 6. The van der Waals surface area contributed by atoms with Crippen molar-refractivity contribution >= 4 is 31.1 Å². The first-order chi connectivity index (χ1) is 11.6. The Morgan fingerprint density at radius 1 is 1.36 bits per heavy atom. The standard InChI is InChI=1S/C16H25ClN4O3Si/c1-16(2,3)25(4,5)23-7-11-10(22)6-12(24-11)21-9-20-13-14(17)18-8-19-15(13)21/h8-12,22H,6-7H2,1-5H3/t10?,11?,12-/m1/s1. The van der Waals surface area contributed by atoms with E-state index in [4.69, 9.17) is 20.8 Å². The lowest BCUT2D eigenvalue weighted by Crippen LogP contribution is -2.43. The summed E-state index contributed by atoms with van der Waals surface area (Å²) in [6, 6.07) is 0. The number of ether oxygens (including phenoxy) is 1. The lowest BCUT2D eigenvalue weighted by atomic mass is 10.2. The zero-order valence-corrected chi connectivity index (χ0v) is 17.0. The van der Waals surface area contributed by atoms with E-state index in [2.05, 4.69) is 48.8 Å². The topological polar surface area (TPSA) is 82.3 Å². The summed E-state index contributed by atoms with van der Waals surface area (Å²) in [5, 5.41) is 10.8. The molecule has 0 amide bonds. The number of aromatic nitrogens is 4. The molecule has 0 saturated carbocycles. The molecular formula is C16H25ClN4O3Si. The molecule has 0 aliphatic carbocycles. The van der Waals surface area contributed by atoms with Gasteiger partial charge in [-0.2, -0.15) is 0 Å². The van der Waals surface area contributed by atoms with Gasteiger partial charge in [0.05, 0.1) is 19.0 Å². The summed E-state index contributed by atoms with van der Waals surface area (Å²) in [7, 11) is -1.89. The maximum Gasteiger partial charge on any atom is 0.192 e. The molecule has 3 heterocycles. The van der Waals surface area contributed by atoms with Gasteiger partial charge < -0.3 is 14.3 Å². The number of fused-ring (bicyclic) bond motifs is 1. The largest absolute Gasteiger partial charge is 0.414 e. The van der Waals surface area contributed by atoms with Gasteiger partial charge in [0.25, 0.3) is 0 Å². The van der Waals surface area contributed by atoms with Gasteiger partial charge in [-0.25, -0.2) is 15.0 Å². The van der Waals surface area contributed by atoms with E-state index in [1.807, 2.05) is 0 Å². The van der Waals surface area contributed by atoms with E-state index in [1.165, 1.54) is 6.33 Å². The maximum atomic E-state index is 10.4. The van der Waals surface area contributed by atoms with Gasteiger partial charge in [0.2, 0.25) is 0 Å². The van der Waals surface area contributed by atoms with Crippen LogP contribution in [0.25, 0.3) is 11.2 Å². The van der Waals surface area contributed by atoms with Crippen LogP contribution in [0.2, 0.25) is 23.3 Å². The molecule has 1 aliphatic heterocycles. The van der Waals surface area contributed by atoms with Crippen LogP contribution in [-0.2, 0) is 9.16 Å². The summed E-state index contributed by atoms with van der Waals surface area (Å²) >= 11 is 6.04. The Bertz CT molecular complexity index is 761. The number of halogens is 1. The summed E-state index contributed by atoms with van der Waals surface area (Å²) in [6.45, 7) is 11.3. The van der Waals surface area contributed by atoms with Crippen LogP contribution in [0.5, 0.6) is 0 Å². The van der Waals surface area contributed by atoms with Crippen molar-refractivity contribution in [3.63, 3.8) is 0 Å². The highest BCUT2D eigenvalue weighted by atomic mass is 35.5. The van der Waals surface area contributed by atoms with Gasteiger partial charge in [0.15, 0.2) is 19.1 Å². The van der Waals surface area contributed by atoms with Crippen molar-refractivity contribution in [2.45, 2.75) is 63.8 Å². The lowest BCUT2D eigenvalue weighted by molar-refractivity contribution is -0.0405. The molecule has 1 saturated heterocycles. The number of aliphatic hydroxyl groups is 1. The normalized spacial score (nSPS) is 25.0. The molecule has 7 nitrogen and oxygen atoms in total. The number of imidazole rings is 1. The zero-order chi connectivity index (χ0) is 18.4. The summed E-state index contributed by atoms with van der Waals surface area (Å²) in [6.07, 6.45) is 2.17. The average molecular weight is 385 g/mol. The Morgan fingerprint density at radius 2 is 2.08 bits per heavy atom. The van der Waals surface area contributed by atoms with E-state index in [0.717, 1.165) is 0 Å². The van der Waals surface area contributed by atoms with Gasteiger partial charge >= 0.3 is 0 Å². The quantitative estimate of drug-likeness (QED) is 0.644. The third-order valence-electron chi connectivity index (χ3n) is 5.24. The summed E-state index contributed by atoms with van der Waals surface area (Å²) in [5.41, 5.74) is 1.13. The molecule has 3 rings (SSSR count). The van der Waals surface area contributed by atoms with Gasteiger partial charge in [0, 0.05) is 6.42 Å². The molecule has 0 spiro atoms. The summed E-state index contributed by atoms with van der Waals surface area (Å²) < 4.78 is 14.0. The van der Waals surface area contributed by atoms with Crippen LogP contribution < -0.4 is 0 Å². The van der Waals surface area contributed by atoms with E-state index in [0.29, 0.717) is 29.3 Å². The maximum absolute atomic E-state index is 10.4. The van der Waals surface area contributed by atoms with Gasteiger partial charge in [-0.1, -0.05) is 32.4 Å². The van der Waals surface area contributed by atoms with E-state index < -0.39 is 14.4 Å². The molecule has 2 unspecified atom stereocenters. The second kappa shape index (κ2) is 6.59. The summed E-state index contributed by atoms with van der Waals surface area (Å²) in [4.78, 5) is 12.4. The van der Waals surface area contributed by atoms with Crippen LogP contribution >= 0.6 is 11.6 Å². The average Bonchev–Trinajstić information content (AvgIpc) is 3.08. The Morgan fingerprint density at radius 3 is 2.76 bits per heavy atom. The minimum absolute atomic E-state index is 0.115. The molecule has 3 atom stereocenters. The molecule has 0 bridgehead atoms. The molecule has 0 aromatic carbocycles.